The first kappa shape index (κ1) is 14.2. The monoisotopic (exact) mass is 289 g/mol. The third kappa shape index (κ3) is 2.68. The van der Waals surface area contributed by atoms with Gasteiger partial charge in [-0.3, -0.25) is 0 Å². The van der Waals surface area contributed by atoms with E-state index in [2.05, 4.69) is 4.74 Å². The normalized spacial score (nSPS) is 39.2. The third-order valence-electron chi connectivity index (χ3n) is 5.07. The molecule has 114 valence electrons. The molecule has 6 heteroatoms. The molecular weight excluding hydrogens is 270 g/mol. The fraction of sp³-hybridized carbons (Fsp3) is 0.929. The fourth-order valence-electron chi connectivity index (χ4n) is 4.50. The highest BCUT2D eigenvalue weighted by Gasteiger charge is 2.48. The number of carboxylic acid groups (broad SMARTS) is 1. The molecule has 0 radical (unpaired) electrons. The van der Waals surface area contributed by atoms with Gasteiger partial charge in [0.2, 0.25) is 0 Å². The van der Waals surface area contributed by atoms with Crippen molar-refractivity contribution in [3.8, 4) is 0 Å². The number of aliphatic carboxylic acids is 1. The predicted molar refractivity (Wildman–Crippen MR) is 62.7 cm³/mol. The summed E-state index contributed by atoms with van der Waals surface area (Å²) in [6.07, 6.45) is 6.13. The van der Waals surface area contributed by atoms with Crippen LogP contribution < -0.4 is 5.11 Å². The van der Waals surface area contributed by atoms with E-state index in [9.17, 15) is 18.7 Å². The number of ether oxygens (including phenoxy) is 2. The van der Waals surface area contributed by atoms with E-state index in [1.54, 1.807) is 0 Å². The maximum Gasteiger partial charge on any atom is 0.310 e. The largest absolute Gasteiger partial charge is 0.544 e. The Bertz CT molecular complexity index is 357. The smallest absolute Gasteiger partial charge is 0.310 e. The maximum atomic E-state index is 12.8. The topological polar surface area (TPSA) is 58.6 Å². The van der Waals surface area contributed by atoms with Crippen LogP contribution in [0.3, 0.4) is 0 Å². The molecule has 4 rings (SSSR count). The zero-order chi connectivity index (χ0) is 14.3. The van der Waals surface area contributed by atoms with E-state index in [-0.39, 0.29) is 12.9 Å². The van der Waals surface area contributed by atoms with E-state index in [1.807, 2.05) is 0 Å². The summed E-state index contributed by atoms with van der Waals surface area (Å²) in [4.78, 5) is 10.1. The predicted octanol–water partition coefficient (Wildman–Crippen LogP) is 1.19. The molecule has 4 aliphatic rings. The van der Waals surface area contributed by atoms with Crippen LogP contribution in [0.15, 0.2) is 0 Å². The van der Waals surface area contributed by atoms with Gasteiger partial charge in [-0.2, -0.15) is 8.78 Å². The van der Waals surface area contributed by atoms with Gasteiger partial charge in [-0.1, -0.05) is 0 Å². The highest BCUT2D eigenvalue weighted by Crippen LogP contribution is 2.54. The Morgan fingerprint density at radius 3 is 2.15 bits per heavy atom. The second kappa shape index (κ2) is 5.22. The number of carboxylic acids is 1. The van der Waals surface area contributed by atoms with Gasteiger partial charge < -0.3 is 19.4 Å². The number of hydrogen-bond acceptors (Lipinski definition) is 4. The lowest BCUT2D eigenvalue weighted by atomic mass is 9.55. The minimum Gasteiger partial charge on any atom is -0.544 e. The summed E-state index contributed by atoms with van der Waals surface area (Å²) in [5, 5.41) is 10.1. The Hall–Kier alpha value is -0.750. The van der Waals surface area contributed by atoms with Crippen molar-refractivity contribution in [3.05, 3.63) is 0 Å². The molecule has 0 unspecified atom stereocenters. The quantitative estimate of drug-likeness (QED) is 0.544. The van der Waals surface area contributed by atoms with Crippen molar-refractivity contribution in [2.24, 2.45) is 23.7 Å². The van der Waals surface area contributed by atoms with Gasteiger partial charge in [-0.25, -0.2) is 0 Å². The standard InChI is InChI=1S/C14H20F2O4/c15-14(16,13(17)18)6-19-7-20-12-10-2-8-1-9(4-10)5-11(12)3-8/h8-12H,1-7H2,(H,17,18)/p-1. The van der Waals surface area contributed by atoms with Crippen molar-refractivity contribution >= 4 is 5.97 Å². The minimum absolute atomic E-state index is 0.0966. The van der Waals surface area contributed by atoms with Crippen molar-refractivity contribution in [1.82, 2.24) is 0 Å². The number of halogens is 2. The lowest BCUT2D eigenvalue weighted by molar-refractivity contribution is -0.333. The van der Waals surface area contributed by atoms with Crippen LogP contribution in [0.2, 0.25) is 0 Å². The zero-order valence-electron chi connectivity index (χ0n) is 11.2. The summed E-state index contributed by atoms with van der Waals surface area (Å²) in [5.41, 5.74) is 0. The van der Waals surface area contributed by atoms with Gasteiger partial charge in [0.1, 0.15) is 19.4 Å². The van der Waals surface area contributed by atoms with Gasteiger partial charge in [0, 0.05) is 0 Å². The Labute approximate surface area is 116 Å². The molecule has 4 fully saturated rings. The van der Waals surface area contributed by atoms with Gasteiger partial charge >= 0.3 is 5.92 Å². The first-order valence-corrected chi connectivity index (χ1v) is 7.24. The highest BCUT2D eigenvalue weighted by atomic mass is 19.3. The molecule has 0 aliphatic heterocycles. The second-order valence-electron chi connectivity index (χ2n) is 6.52. The molecule has 0 N–H and O–H groups in total. The van der Waals surface area contributed by atoms with E-state index < -0.39 is 18.5 Å². The van der Waals surface area contributed by atoms with E-state index in [4.69, 9.17) is 4.74 Å². The van der Waals surface area contributed by atoms with Crippen LogP contribution in [0, 0.1) is 23.7 Å². The van der Waals surface area contributed by atoms with Gasteiger partial charge in [-0.05, 0) is 55.8 Å². The van der Waals surface area contributed by atoms with E-state index in [0.29, 0.717) is 11.8 Å². The molecule has 4 nitrogen and oxygen atoms in total. The van der Waals surface area contributed by atoms with Crippen LogP contribution >= 0.6 is 0 Å². The van der Waals surface area contributed by atoms with Crippen LogP contribution in [-0.4, -0.2) is 31.4 Å². The average molecular weight is 289 g/mol. The first-order valence-electron chi connectivity index (χ1n) is 7.24. The molecule has 20 heavy (non-hydrogen) atoms. The van der Waals surface area contributed by atoms with E-state index in [0.717, 1.165) is 11.8 Å². The van der Waals surface area contributed by atoms with Crippen molar-refractivity contribution in [3.63, 3.8) is 0 Å². The number of carbonyl (C=O) groups is 1. The molecule has 4 aliphatic carbocycles. The van der Waals surface area contributed by atoms with Crippen LogP contribution in [0.25, 0.3) is 0 Å². The summed E-state index contributed by atoms with van der Waals surface area (Å²) >= 11 is 0. The van der Waals surface area contributed by atoms with Gasteiger partial charge in [0.15, 0.2) is 0 Å². The maximum absolute atomic E-state index is 12.8. The molecule has 0 aromatic rings. The Kier molecular flexibility index (Phi) is 3.71. The Morgan fingerprint density at radius 1 is 1.10 bits per heavy atom. The second-order valence-corrected chi connectivity index (χ2v) is 6.52. The average Bonchev–Trinajstić information content (AvgIpc) is 2.36. The number of carbonyl (C=O) groups excluding carboxylic acids is 1. The summed E-state index contributed by atoms with van der Waals surface area (Å²) < 4.78 is 35.8. The van der Waals surface area contributed by atoms with Crippen LogP contribution in [0.5, 0.6) is 0 Å². The highest BCUT2D eigenvalue weighted by molar-refractivity contribution is 5.73. The molecule has 0 aromatic carbocycles. The summed E-state index contributed by atoms with van der Waals surface area (Å²) in [6, 6.07) is 0. The van der Waals surface area contributed by atoms with Crippen molar-refractivity contribution in [1.29, 1.82) is 0 Å². The number of alkyl halides is 2. The number of rotatable bonds is 6. The SMILES string of the molecule is O=C([O-])C(F)(F)COCOC1C2CC3CC(C2)CC1C3. The molecule has 4 saturated carbocycles. The third-order valence-corrected chi connectivity index (χ3v) is 5.07. The van der Waals surface area contributed by atoms with Gasteiger partial charge in [0.25, 0.3) is 0 Å². The molecule has 0 heterocycles. The Morgan fingerprint density at radius 2 is 1.65 bits per heavy atom. The lowest BCUT2D eigenvalue weighted by Gasteiger charge is -2.53. The molecule has 0 aromatic heterocycles. The zero-order valence-corrected chi connectivity index (χ0v) is 11.2. The van der Waals surface area contributed by atoms with E-state index in [1.165, 1.54) is 32.1 Å². The summed E-state index contributed by atoms with van der Waals surface area (Å²) in [5.74, 6) is -3.67. The molecule has 0 atom stereocenters. The van der Waals surface area contributed by atoms with Crippen LogP contribution in [0.4, 0.5) is 8.78 Å². The van der Waals surface area contributed by atoms with Crippen molar-refractivity contribution < 1.29 is 28.2 Å². The molecule has 0 amide bonds. The van der Waals surface area contributed by atoms with Crippen molar-refractivity contribution in [2.75, 3.05) is 13.4 Å². The molecule has 4 bridgehead atoms. The minimum atomic E-state index is -3.95. The van der Waals surface area contributed by atoms with E-state index >= 15 is 0 Å². The fourth-order valence-corrected chi connectivity index (χ4v) is 4.50. The summed E-state index contributed by atoms with van der Waals surface area (Å²) in [6.45, 7) is -1.46. The van der Waals surface area contributed by atoms with Crippen LogP contribution in [0.1, 0.15) is 32.1 Å². The molecular formula is C14H19F2O4-. The summed E-state index contributed by atoms with van der Waals surface area (Å²) in [7, 11) is 0. The van der Waals surface area contributed by atoms with Crippen molar-refractivity contribution in [2.45, 2.75) is 44.1 Å². The lowest BCUT2D eigenvalue weighted by Crippen LogP contribution is -2.50. The van der Waals surface area contributed by atoms with Crippen LogP contribution in [-0.2, 0) is 14.3 Å². The molecule has 0 spiro atoms. The first-order chi connectivity index (χ1) is 9.45. The van der Waals surface area contributed by atoms with Gasteiger partial charge in [-0.15, -0.1) is 0 Å². The van der Waals surface area contributed by atoms with Gasteiger partial charge in [0.05, 0.1) is 6.10 Å². The molecule has 0 saturated heterocycles. The number of hydrogen-bond donors (Lipinski definition) is 0. The Balaban J connectivity index is 1.44.